The molecule has 0 aliphatic carbocycles. The van der Waals surface area contributed by atoms with E-state index in [2.05, 4.69) is 10.6 Å². The highest BCUT2D eigenvalue weighted by molar-refractivity contribution is 5.94. The van der Waals surface area contributed by atoms with Crippen LogP contribution < -0.4 is 10.6 Å². The van der Waals surface area contributed by atoms with Gasteiger partial charge in [0.2, 0.25) is 5.91 Å². The molecule has 0 aromatic heterocycles. The third kappa shape index (κ3) is 3.80. The van der Waals surface area contributed by atoms with Crippen molar-refractivity contribution in [1.29, 1.82) is 0 Å². The van der Waals surface area contributed by atoms with Gasteiger partial charge in [0.05, 0.1) is 12.0 Å². The van der Waals surface area contributed by atoms with E-state index in [-0.39, 0.29) is 36.6 Å². The van der Waals surface area contributed by atoms with Crippen molar-refractivity contribution in [1.82, 2.24) is 10.2 Å². The first-order valence-corrected chi connectivity index (χ1v) is 9.29. The predicted octanol–water partition coefficient (Wildman–Crippen LogP) is 2.62. The number of carbonyl (C=O) groups is 2. The number of anilines is 1. The van der Waals surface area contributed by atoms with Gasteiger partial charge < -0.3 is 20.3 Å². The summed E-state index contributed by atoms with van der Waals surface area (Å²) in [6.07, 6.45) is 0.479. The molecule has 0 bridgehead atoms. The summed E-state index contributed by atoms with van der Waals surface area (Å²) in [6, 6.07) is 19.0. The second-order valence-electron chi connectivity index (χ2n) is 6.99. The fourth-order valence-corrected chi connectivity index (χ4v) is 3.95. The Morgan fingerprint density at radius 1 is 1.07 bits per heavy atom. The number of nitrogens with zero attached hydrogens (tertiary/aromatic N) is 1. The van der Waals surface area contributed by atoms with E-state index in [1.165, 1.54) is 0 Å². The highest BCUT2D eigenvalue weighted by Gasteiger charge is 2.49. The van der Waals surface area contributed by atoms with Crippen LogP contribution in [0.4, 0.5) is 10.5 Å². The molecule has 2 saturated heterocycles. The minimum Gasteiger partial charge on any atom is -0.445 e. The molecule has 0 radical (unpaired) electrons. The minimum atomic E-state index is -0.354. The molecule has 6 heteroatoms. The Hall–Kier alpha value is -2.86. The fourth-order valence-electron chi connectivity index (χ4n) is 3.95. The van der Waals surface area contributed by atoms with E-state index >= 15 is 0 Å². The van der Waals surface area contributed by atoms with E-state index in [4.69, 9.17) is 4.74 Å². The number of para-hydroxylation sites is 1. The van der Waals surface area contributed by atoms with Crippen LogP contribution in [-0.4, -0.2) is 42.1 Å². The molecule has 140 valence electrons. The van der Waals surface area contributed by atoms with Gasteiger partial charge in [-0.2, -0.15) is 0 Å². The van der Waals surface area contributed by atoms with Crippen molar-refractivity contribution >= 4 is 17.7 Å². The molecule has 2 aromatic rings. The van der Waals surface area contributed by atoms with Crippen molar-refractivity contribution < 1.29 is 14.3 Å². The monoisotopic (exact) mass is 365 g/mol. The first-order chi connectivity index (χ1) is 13.2. The van der Waals surface area contributed by atoms with Crippen LogP contribution in [0, 0.1) is 5.92 Å². The summed E-state index contributed by atoms with van der Waals surface area (Å²) in [5, 5.41) is 6.34. The molecule has 2 fully saturated rings. The second-order valence-corrected chi connectivity index (χ2v) is 6.99. The van der Waals surface area contributed by atoms with Crippen molar-refractivity contribution in [2.75, 3.05) is 18.4 Å². The summed E-state index contributed by atoms with van der Waals surface area (Å²) in [5.41, 5.74) is 1.71. The summed E-state index contributed by atoms with van der Waals surface area (Å²) >= 11 is 0. The van der Waals surface area contributed by atoms with Gasteiger partial charge in [-0.25, -0.2) is 4.79 Å². The van der Waals surface area contributed by atoms with E-state index in [1.54, 1.807) is 4.90 Å². The molecule has 0 saturated carbocycles. The highest BCUT2D eigenvalue weighted by atomic mass is 16.6. The Balaban J connectivity index is 1.41. The lowest BCUT2D eigenvalue weighted by Crippen LogP contribution is -2.40. The van der Waals surface area contributed by atoms with E-state index in [1.807, 2.05) is 60.7 Å². The molecule has 0 spiro atoms. The molecule has 6 nitrogen and oxygen atoms in total. The van der Waals surface area contributed by atoms with Crippen molar-refractivity contribution in [2.24, 2.45) is 5.92 Å². The molecule has 3 atom stereocenters. The average molecular weight is 365 g/mol. The van der Waals surface area contributed by atoms with Gasteiger partial charge >= 0.3 is 6.09 Å². The van der Waals surface area contributed by atoms with Gasteiger partial charge in [-0.3, -0.25) is 4.79 Å². The van der Waals surface area contributed by atoms with Crippen LogP contribution in [0.15, 0.2) is 60.7 Å². The first kappa shape index (κ1) is 17.5. The van der Waals surface area contributed by atoms with Crippen LogP contribution in [0.2, 0.25) is 0 Å². The Morgan fingerprint density at radius 3 is 2.52 bits per heavy atom. The second kappa shape index (κ2) is 7.80. The zero-order valence-corrected chi connectivity index (χ0v) is 15.0. The van der Waals surface area contributed by atoms with Crippen LogP contribution >= 0.6 is 0 Å². The minimum absolute atomic E-state index is 0.000188. The van der Waals surface area contributed by atoms with Gasteiger partial charge in [-0.05, 0) is 30.7 Å². The largest absolute Gasteiger partial charge is 0.445 e. The molecule has 2 amide bonds. The lowest BCUT2D eigenvalue weighted by atomic mass is 9.99. The van der Waals surface area contributed by atoms with Gasteiger partial charge in [0.25, 0.3) is 0 Å². The standard InChI is InChI=1S/C21H23N3O3/c25-20(23-16-9-5-2-6-10-16)17-13-24(18-11-12-22-19(17)18)21(26)27-14-15-7-3-1-4-8-15/h1-10,17-19,22H,11-14H2,(H,23,25)/t17-,18+,19+/m0/s1. The fraction of sp³-hybridized carbons (Fsp3) is 0.333. The number of benzene rings is 2. The maximum Gasteiger partial charge on any atom is 0.410 e. The Bertz CT molecular complexity index is 797. The number of carbonyl (C=O) groups excluding carboxylic acids is 2. The van der Waals surface area contributed by atoms with Gasteiger partial charge in [-0.15, -0.1) is 0 Å². The van der Waals surface area contributed by atoms with E-state index < -0.39 is 0 Å². The molecule has 4 rings (SSSR count). The van der Waals surface area contributed by atoms with Crippen molar-refractivity contribution in [3.63, 3.8) is 0 Å². The zero-order valence-electron chi connectivity index (χ0n) is 15.0. The maximum atomic E-state index is 12.8. The van der Waals surface area contributed by atoms with Gasteiger partial charge in [0, 0.05) is 18.3 Å². The van der Waals surface area contributed by atoms with Crippen LogP contribution in [0.25, 0.3) is 0 Å². The van der Waals surface area contributed by atoms with Crippen LogP contribution in [0.5, 0.6) is 0 Å². The SMILES string of the molecule is O=C(Nc1ccccc1)[C@H]1CN(C(=O)OCc2ccccc2)[C@@H]2CCN[C@H]12. The lowest BCUT2D eigenvalue weighted by molar-refractivity contribution is -0.119. The Kier molecular flexibility index (Phi) is 5.07. The van der Waals surface area contributed by atoms with Crippen molar-refractivity contribution in [3.8, 4) is 0 Å². The van der Waals surface area contributed by atoms with Gasteiger partial charge in [0.15, 0.2) is 0 Å². The van der Waals surface area contributed by atoms with Crippen molar-refractivity contribution in [3.05, 3.63) is 66.2 Å². The molecule has 2 heterocycles. The number of likely N-dealkylation sites (tertiary alicyclic amines) is 1. The number of rotatable bonds is 4. The number of hydrogen-bond acceptors (Lipinski definition) is 4. The topological polar surface area (TPSA) is 70.7 Å². The maximum absolute atomic E-state index is 12.8. The summed E-state index contributed by atoms with van der Waals surface area (Å²) in [6.45, 7) is 1.41. The Morgan fingerprint density at radius 2 is 1.78 bits per heavy atom. The van der Waals surface area contributed by atoms with Gasteiger partial charge in [0.1, 0.15) is 6.61 Å². The third-order valence-electron chi connectivity index (χ3n) is 5.28. The highest BCUT2D eigenvalue weighted by Crippen LogP contribution is 2.31. The zero-order chi connectivity index (χ0) is 18.6. The lowest BCUT2D eigenvalue weighted by Gasteiger charge is -2.22. The van der Waals surface area contributed by atoms with Crippen molar-refractivity contribution in [2.45, 2.75) is 25.1 Å². The number of ether oxygens (including phenoxy) is 1. The molecule has 2 aromatic carbocycles. The molecular weight excluding hydrogens is 342 g/mol. The number of amides is 2. The summed E-state index contributed by atoms with van der Waals surface area (Å²) in [7, 11) is 0. The third-order valence-corrected chi connectivity index (χ3v) is 5.28. The normalized spacial score (nSPS) is 23.7. The van der Waals surface area contributed by atoms with Gasteiger partial charge in [-0.1, -0.05) is 48.5 Å². The van der Waals surface area contributed by atoms with E-state index in [0.29, 0.717) is 6.54 Å². The summed E-state index contributed by atoms with van der Waals surface area (Å²) < 4.78 is 5.49. The quantitative estimate of drug-likeness (QED) is 0.874. The number of fused-ring (bicyclic) bond motifs is 1. The summed E-state index contributed by atoms with van der Waals surface area (Å²) in [4.78, 5) is 27.1. The van der Waals surface area contributed by atoms with E-state index in [0.717, 1.165) is 24.2 Å². The Labute approximate surface area is 158 Å². The molecule has 27 heavy (non-hydrogen) atoms. The molecule has 2 aliphatic heterocycles. The average Bonchev–Trinajstić information content (AvgIpc) is 3.30. The number of nitrogens with one attached hydrogen (secondary N) is 2. The molecule has 0 unspecified atom stereocenters. The first-order valence-electron chi connectivity index (χ1n) is 9.29. The molecule has 2 N–H and O–H groups in total. The van der Waals surface area contributed by atoms with Crippen LogP contribution in [0.1, 0.15) is 12.0 Å². The van der Waals surface area contributed by atoms with E-state index in [9.17, 15) is 9.59 Å². The predicted molar refractivity (Wildman–Crippen MR) is 102 cm³/mol. The molecule has 2 aliphatic rings. The van der Waals surface area contributed by atoms with Crippen LogP contribution in [0.3, 0.4) is 0 Å². The molecular formula is C21H23N3O3. The smallest absolute Gasteiger partial charge is 0.410 e. The van der Waals surface area contributed by atoms with Crippen LogP contribution in [-0.2, 0) is 16.1 Å². The summed E-state index contributed by atoms with van der Waals surface area (Å²) in [5.74, 6) is -0.356. The number of hydrogen-bond donors (Lipinski definition) is 2.